The number of methoxy groups -OCH3 is 1. The van der Waals surface area contributed by atoms with Gasteiger partial charge in [0.1, 0.15) is 5.82 Å². The Bertz CT molecular complexity index is 1380. The average Bonchev–Trinajstić information content (AvgIpc) is 3.44. The van der Waals surface area contributed by atoms with Crippen LogP contribution in [0.2, 0.25) is 0 Å². The van der Waals surface area contributed by atoms with Gasteiger partial charge in [-0.1, -0.05) is 6.07 Å². The zero-order valence-electron chi connectivity index (χ0n) is 24.8. The summed E-state index contributed by atoms with van der Waals surface area (Å²) in [5.74, 6) is -0.0678. The maximum absolute atomic E-state index is 14.0. The van der Waals surface area contributed by atoms with Crippen LogP contribution in [0.15, 0.2) is 48.9 Å². The first-order valence-electron chi connectivity index (χ1n) is 14.2. The van der Waals surface area contributed by atoms with Crippen LogP contribution in [0.25, 0.3) is 11.9 Å². The fourth-order valence-corrected chi connectivity index (χ4v) is 4.99. The molecule has 1 fully saturated rings. The second-order valence-electron chi connectivity index (χ2n) is 10.8. The van der Waals surface area contributed by atoms with Gasteiger partial charge >= 0.3 is 5.97 Å². The largest absolute Gasteiger partial charge is 0.478 e. The Morgan fingerprint density at radius 1 is 1.17 bits per heavy atom. The zero-order valence-corrected chi connectivity index (χ0v) is 24.8. The van der Waals surface area contributed by atoms with E-state index in [0.29, 0.717) is 30.4 Å². The molecule has 224 valence electrons. The SMILES string of the molecule is COCc1cnn(-c2ccc(CN(C(=O)C3CCC(OCCN(C)C)CC3)c3cc(C=CC(=O)O)ccn3)c(C)n2)c1. The molecule has 0 unspecified atom stereocenters. The second kappa shape index (κ2) is 14.8. The van der Waals surface area contributed by atoms with Gasteiger partial charge in [-0.25, -0.2) is 19.4 Å². The van der Waals surface area contributed by atoms with Crippen LogP contribution in [-0.2, 0) is 32.2 Å². The Balaban J connectivity index is 1.55. The number of carbonyl (C=O) groups is 2. The van der Waals surface area contributed by atoms with Crippen LogP contribution in [0, 0.1) is 12.8 Å². The molecule has 1 aliphatic rings. The summed E-state index contributed by atoms with van der Waals surface area (Å²) in [6, 6.07) is 7.29. The van der Waals surface area contributed by atoms with E-state index in [1.54, 1.807) is 41.2 Å². The zero-order chi connectivity index (χ0) is 30.1. The number of carboxylic acids is 1. The van der Waals surface area contributed by atoms with Crippen LogP contribution in [0.4, 0.5) is 5.82 Å². The lowest BCUT2D eigenvalue weighted by Crippen LogP contribution is -2.39. The van der Waals surface area contributed by atoms with Crippen molar-refractivity contribution < 1.29 is 24.2 Å². The van der Waals surface area contributed by atoms with Crippen LogP contribution in [-0.4, -0.2) is 82.1 Å². The maximum atomic E-state index is 14.0. The number of aliphatic carboxylic acids is 1. The van der Waals surface area contributed by atoms with E-state index in [1.807, 2.05) is 39.3 Å². The molecular formula is C31H40N6O5. The summed E-state index contributed by atoms with van der Waals surface area (Å²) in [5.41, 5.74) is 3.24. The Morgan fingerprint density at radius 3 is 2.64 bits per heavy atom. The molecule has 3 heterocycles. The van der Waals surface area contributed by atoms with Crippen LogP contribution < -0.4 is 4.90 Å². The van der Waals surface area contributed by atoms with Gasteiger partial charge in [-0.2, -0.15) is 5.10 Å². The molecule has 0 radical (unpaired) electrons. The van der Waals surface area contributed by atoms with E-state index >= 15 is 0 Å². The van der Waals surface area contributed by atoms with Crippen molar-refractivity contribution in [2.24, 2.45) is 5.92 Å². The second-order valence-corrected chi connectivity index (χ2v) is 10.8. The van der Waals surface area contributed by atoms with Crippen LogP contribution in [0.1, 0.15) is 48.1 Å². The summed E-state index contributed by atoms with van der Waals surface area (Å²) >= 11 is 0. The molecule has 42 heavy (non-hydrogen) atoms. The Kier molecular flexibility index (Phi) is 10.9. The number of aromatic nitrogens is 4. The quantitative estimate of drug-likeness (QED) is 0.302. The third-order valence-electron chi connectivity index (χ3n) is 7.34. The van der Waals surface area contributed by atoms with E-state index in [2.05, 4.69) is 15.0 Å². The number of hydrogen-bond donors (Lipinski definition) is 1. The van der Waals surface area contributed by atoms with Crippen molar-refractivity contribution in [1.29, 1.82) is 0 Å². The van der Waals surface area contributed by atoms with Gasteiger partial charge < -0.3 is 19.5 Å². The molecule has 1 amide bonds. The van der Waals surface area contributed by atoms with Crippen LogP contribution in [0.3, 0.4) is 0 Å². The highest BCUT2D eigenvalue weighted by Crippen LogP contribution is 2.30. The van der Waals surface area contributed by atoms with Crippen LogP contribution >= 0.6 is 0 Å². The predicted octanol–water partition coefficient (Wildman–Crippen LogP) is 3.89. The van der Waals surface area contributed by atoms with Gasteiger partial charge in [-0.05, 0) is 82.1 Å². The number of likely N-dealkylation sites (N-methyl/N-ethyl adjacent to an activating group) is 1. The average molecular weight is 577 g/mol. The number of aryl methyl sites for hydroxylation is 1. The first-order chi connectivity index (χ1) is 20.2. The molecule has 11 heteroatoms. The molecular weight excluding hydrogens is 536 g/mol. The molecule has 3 aromatic heterocycles. The lowest BCUT2D eigenvalue weighted by atomic mass is 9.86. The minimum atomic E-state index is -1.04. The van der Waals surface area contributed by atoms with Crippen molar-refractivity contribution in [2.75, 3.05) is 39.3 Å². The first kappa shape index (κ1) is 31.0. The Morgan fingerprint density at radius 2 is 1.95 bits per heavy atom. The molecule has 0 spiro atoms. The molecule has 0 atom stereocenters. The summed E-state index contributed by atoms with van der Waals surface area (Å²) in [5, 5.41) is 13.5. The number of carbonyl (C=O) groups excluding carboxylic acids is 1. The number of anilines is 1. The molecule has 4 rings (SSSR count). The van der Waals surface area contributed by atoms with Crippen molar-refractivity contribution in [1.82, 2.24) is 24.6 Å². The molecule has 0 bridgehead atoms. The van der Waals surface area contributed by atoms with E-state index in [9.17, 15) is 9.59 Å². The summed E-state index contributed by atoms with van der Waals surface area (Å²) in [6.07, 6.45) is 11.1. The lowest BCUT2D eigenvalue weighted by Gasteiger charge is -2.32. The predicted molar refractivity (Wildman–Crippen MR) is 159 cm³/mol. The van der Waals surface area contributed by atoms with Crippen molar-refractivity contribution in [3.8, 4) is 5.82 Å². The highest BCUT2D eigenvalue weighted by atomic mass is 16.5. The maximum Gasteiger partial charge on any atom is 0.328 e. The normalized spacial score (nSPS) is 17.2. The number of amides is 1. The van der Waals surface area contributed by atoms with Crippen molar-refractivity contribution in [3.63, 3.8) is 0 Å². The summed E-state index contributed by atoms with van der Waals surface area (Å²) in [6.45, 7) is 4.20. The van der Waals surface area contributed by atoms with Crippen molar-refractivity contribution in [2.45, 2.75) is 51.9 Å². The van der Waals surface area contributed by atoms with E-state index < -0.39 is 5.97 Å². The Hall–Kier alpha value is -3.93. The molecule has 1 N–H and O–H groups in total. The van der Waals surface area contributed by atoms with Gasteiger partial charge in [0.25, 0.3) is 0 Å². The van der Waals surface area contributed by atoms with E-state index in [-0.39, 0.29) is 24.5 Å². The standard InChI is InChI=1S/C31H40N6O5/c1-22-26(8-11-28(34-22)37-19-24(18-33-37)21-41-4)20-36(29-17-23(13-14-32-29)5-12-30(38)39)31(40)25-6-9-27(10-7-25)42-16-15-35(2)3/h5,8,11-14,17-19,25,27H,6-7,9-10,15-16,20-21H2,1-4H3,(H,38,39). The van der Waals surface area contributed by atoms with Crippen molar-refractivity contribution >= 4 is 23.8 Å². The number of carboxylic acid groups (broad SMARTS) is 1. The van der Waals surface area contributed by atoms with Crippen LogP contribution in [0.5, 0.6) is 0 Å². The summed E-state index contributed by atoms with van der Waals surface area (Å²) in [7, 11) is 5.68. The summed E-state index contributed by atoms with van der Waals surface area (Å²) < 4.78 is 12.9. The third-order valence-corrected chi connectivity index (χ3v) is 7.34. The molecule has 0 saturated heterocycles. The fourth-order valence-electron chi connectivity index (χ4n) is 4.99. The number of rotatable bonds is 13. The van der Waals surface area contributed by atoms with Gasteiger partial charge in [0, 0.05) is 49.3 Å². The van der Waals surface area contributed by atoms with Gasteiger partial charge in [-0.15, -0.1) is 0 Å². The highest BCUT2D eigenvalue weighted by molar-refractivity contribution is 5.94. The van der Waals surface area contributed by atoms with E-state index in [4.69, 9.17) is 19.6 Å². The number of ether oxygens (including phenoxy) is 2. The van der Waals surface area contributed by atoms with Gasteiger partial charge in [0.05, 0.1) is 32.1 Å². The topological polar surface area (TPSA) is 123 Å². The molecule has 0 aliphatic heterocycles. The molecule has 3 aromatic rings. The number of hydrogen-bond acceptors (Lipinski definition) is 8. The molecule has 1 saturated carbocycles. The first-order valence-corrected chi connectivity index (χ1v) is 14.2. The van der Waals surface area contributed by atoms with Gasteiger partial charge in [0.2, 0.25) is 5.91 Å². The molecule has 11 nitrogen and oxygen atoms in total. The van der Waals surface area contributed by atoms with E-state index in [0.717, 1.165) is 55.1 Å². The third kappa shape index (κ3) is 8.54. The molecule has 1 aliphatic carbocycles. The molecule has 0 aromatic carbocycles. The Labute approximate surface area is 246 Å². The van der Waals surface area contributed by atoms with Gasteiger partial charge in [0.15, 0.2) is 5.82 Å². The van der Waals surface area contributed by atoms with Gasteiger partial charge in [-0.3, -0.25) is 9.69 Å². The monoisotopic (exact) mass is 576 g/mol. The highest BCUT2D eigenvalue weighted by Gasteiger charge is 2.31. The fraction of sp³-hybridized carbons (Fsp3) is 0.452. The minimum absolute atomic E-state index is 0.00614. The number of nitrogens with zero attached hydrogens (tertiary/aromatic N) is 6. The number of pyridine rings is 2. The van der Waals surface area contributed by atoms with E-state index in [1.165, 1.54) is 6.08 Å². The lowest BCUT2D eigenvalue weighted by molar-refractivity contribution is -0.131. The summed E-state index contributed by atoms with van der Waals surface area (Å²) in [4.78, 5) is 38.2. The minimum Gasteiger partial charge on any atom is -0.478 e. The van der Waals surface area contributed by atoms with Crippen molar-refractivity contribution in [3.05, 3.63) is 71.3 Å². The smallest absolute Gasteiger partial charge is 0.328 e.